The van der Waals surface area contributed by atoms with E-state index >= 15 is 0 Å². The van der Waals surface area contributed by atoms with Gasteiger partial charge >= 0.3 is 0 Å². The molecule has 0 saturated carbocycles. The van der Waals surface area contributed by atoms with Gasteiger partial charge in [-0.05, 0) is 18.6 Å². The van der Waals surface area contributed by atoms with Crippen molar-refractivity contribution in [2.45, 2.75) is 18.9 Å². The molecule has 0 aliphatic carbocycles. The molecule has 5 amide bonds. The summed E-state index contributed by atoms with van der Waals surface area (Å²) >= 11 is 0. The first kappa shape index (κ1) is 16.6. The van der Waals surface area contributed by atoms with Crippen molar-refractivity contribution in [1.82, 2.24) is 15.4 Å². The van der Waals surface area contributed by atoms with Gasteiger partial charge in [-0.15, -0.1) is 0 Å². The van der Waals surface area contributed by atoms with Gasteiger partial charge < -0.3 is 9.84 Å². The summed E-state index contributed by atoms with van der Waals surface area (Å²) in [5.41, 5.74) is 0.169. The maximum absolute atomic E-state index is 12.9. The minimum Gasteiger partial charge on any atom is -0.351 e. The molecule has 2 aliphatic rings. The molecule has 1 fully saturated rings. The Hall–Kier alpha value is -3.82. The predicted molar refractivity (Wildman–Crippen MR) is 87.6 cm³/mol. The zero-order valence-electron chi connectivity index (χ0n) is 13.7. The van der Waals surface area contributed by atoms with Crippen LogP contribution in [0.15, 0.2) is 35.0 Å². The predicted octanol–water partition coefficient (Wildman–Crippen LogP) is 0.328. The van der Waals surface area contributed by atoms with Crippen LogP contribution in [0.25, 0.3) is 0 Å². The third-order valence-electron chi connectivity index (χ3n) is 4.38. The fraction of sp³-hybridized carbons (Fsp3) is 0.176. The number of hydrogen-bond donors (Lipinski definition) is 2. The van der Waals surface area contributed by atoms with Gasteiger partial charge in [-0.25, -0.2) is 0 Å². The van der Waals surface area contributed by atoms with Crippen LogP contribution in [0.4, 0.5) is 5.69 Å². The van der Waals surface area contributed by atoms with E-state index in [-0.39, 0.29) is 35.4 Å². The average molecular weight is 368 g/mol. The fourth-order valence-corrected chi connectivity index (χ4v) is 3.14. The molecule has 2 N–H and O–H groups in total. The zero-order valence-corrected chi connectivity index (χ0v) is 13.7. The molecule has 1 aromatic heterocycles. The number of piperidine rings is 1. The highest BCUT2D eigenvalue weighted by Gasteiger charge is 2.45. The van der Waals surface area contributed by atoms with E-state index in [0.29, 0.717) is 0 Å². The lowest BCUT2D eigenvalue weighted by Crippen LogP contribution is -2.54. The highest BCUT2D eigenvalue weighted by atomic mass is 16.5. The molecule has 27 heavy (non-hydrogen) atoms. The number of nitrogens with one attached hydrogen (secondary N) is 2. The average Bonchev–Trinajstić information content (AvgIpc) is 3.25. The number of nitrogens with zero attached hydrogens (tertiary/aromatic N) is 2. The Morgan fingerprint density at radius 2 is 2.00 bits per heavy atom. The van der Waals surface area contributed by atoms with E-state index in [1.807, 2.05) is 0 Å². The topological polar surface area (TPSA) is 139 Å². The highest BCUT2D eigenvalue weighted by molar-refractivity contribution is 6.26. The molecule has 10 heteroatoms. The molecule has 3 heterocycles. The van der Waals surface area contributed by atoms with Crippen molar-refractivity contribution in [2.24, 2.45) is 0 Å². The second-order valence-corrected chi connectivity index (χ2v) is 6.01. The minimum atomic E-state index is -1.08. The van der Waals surface area contributed by atoms with Crippen LogP contribution in [0.3, 0.4) is 0 Å². The van der Waals surface area contributed by atoms with Gasteiger partial charge in [0.05, 0.1) is 23.0 Å². The molecule has 0 radical (unpaired) electrons. The number of benzene rings is 1. The summed E-state index contributed by atoms with van der Waals surface area (Å²) in [6, 6.07) is 4.68. The summed E-state index contributed by atoms with van der Waals surface area (Å²) in [5.74, 6) is -3.22. The molecular weight excluding hydrogens is 356 g/mol. The minimum absolute atomic E-state index is 0.0138. The first-order valence-electron chi connectivity index (χ1n) is 8.04. The summed E-state index contributed by atoms with van der Waals surface area (Å²) in [4.78, 5) is 62.0. The Morgan fingerprint density at radius 1 is 1.19 bits per heavy atom. The summed E-state index contributed by atoms with van der Waals surface area (Å²) in [6.45, 7) is 0. The quantitative estimate of drug-likeness (QED) is 0.744. The first-order valence-corrected chi connectivity index (χ1v) is 8.04. The van der Waals surface area contributed by atoms with E-state index in [1.54, 1.807) is 0 Å². The van der Waals surface area contributed by atoms with Crippen molar-refractivity contribution < 1.29 is 28.5 Å². The Bertz CT molecular complexity index is 997. The lowest BCUT2D eigenvalue weighted by molar-refractivity contribution is -0.136. The Morgan fingerprint density at radius 3 is 2.70 bits per heavy atom. The second-order valence-electron chi connectivity index (χ2n) is 6.01. The van der Waals surface area contributed by atoms with Crippen molar-refractivity contribution in [3.63, 3.8) is 0 Å². The third kappa shape index (κ3) is 2.67. The van der Waals surface area contributed by atoms with E-state index in [4.69, 9.17) is 4.52 Å². The molecule has 4 rings (SSSR count). The van der Waals surface area contributed by atoms with Crippen LogP contribution in [-0.4, -0.2) is 45.6 Å². The maximum Gasteiger partial charge on any atom is 0.294 e. The summed E-state index contributed by atoms with van der Waals surface area (Å²) in [6.07, 6.45) is 1.37. The van der Waals surface area contributed by atoms with Gasteiger partial charge in [0.15, 0.2) is 0 Å². The van der Waals surface area contributed by atoms with Crippen molar-refractivity contribution >= 4 is 35.2 Å². The number of anilines is 1. The van der Waals surface area contributed by atoms with Gasteiger partial charge in [0.25, 0.3) is 17.7 Å². The standard InChI is InChI=1S/C17H12N4O6/c22-12-5-4-10(14(23)20-12)21-16(25)8-2-1-3-9(13(8)17(21)26)19-15(24)11-6-7-18-27-11/h1-3,6-7,10H,4-5H2,(H,19,24)(H,20,22,23). The number of imide groups is 2. The number of amides is 5. The number of carbonyl (C=O) groups excluding carboxylic acids is 5. The summed E-state index contributed by atoms with van der Waals surface area (Å²) in [5, 5.41) is 8.07. The number of rotatable bonds is 3. The number of aromatic nitrogens is 1. The molecule has 1 atom stereocenters. The number of fused-ring (bicyclic) bond motifs is 1. The van der Waals surface area contributed by atoms with E-state index in [2.05, 4.69) is 15.8 Å². The van der Waals surface area contributed by atoms with Crippen LogP contribution in [0.1, 0.15) is 44.1 Å². The van der Waals surface area contributed by atoms with Crippen molar-refractivity contribution in [3.05, 3.63) is 47.3 Å². The molecule has 0 spiro atoms. The fourth-order valence-electron chi connectivity index (χ4n) is 3.14. The van der Waals surface area contributed by atoms with Crippen LogP contribution in [0.2, 0.25) is 0 Å². The molecule has 1 aromatic carbocycles. The lowest BCUT2D eigenvalue weighted by Gasteiger charge is -2.27. The molecule has 1 saturated heterocycles. The van der Waals surface area contributed by atoms with Crippen LogP contribution < -0.4 is 10.6 Å². The van der Waals surface area contributed by atoms with Crippen molar-refractivity contribution in [1.29, 1.82) is 0 Å². The lowest BCUT2D eigenvalue weighted by atomic mass is 10.0. The molecule has 1 unspecified atom stereocenters. The van der Waals surface area contributed by atoms with Crippen LogP contribution >= 0.6 is 0 Å². The maximum atomic E-state index is 12.9. The zero-order chi connectivity index (χ0) is 19.1. The molecule has 136 valence electrons. The van der Waals surface area contributed by atoms with E-state index in [0.717, 1.165) is 4.90 Å². The number of carbonyl (C=O) groups is 5. The second kappa shape index (κ2) is 6.16. The smallest absolute Gasteiger partial charge is 0.294 e. The third-order valence-corrected chi connectivity index (χ3v) is 4.38. The van der Waals surface area contributed by atoms with Gasteiger partial charge in [-0.2, -0.15) is 0 Å². The van der Waals surface area contributed by atoms with E-state index < -0.39 is 35.6 Å². The Balaban J connectivity index is 1.66. The first-order chi connectivity index (χ1) is 13.0. The largest absolute Gasteiger partial charge is 0.351 e. The van der Waals surface area contributed by atoms with Gasteiger partial charge in [0.2, 0.25) is 17.6 Å². The SMILES string of the molecule is O=C1CCC(N2C(=O)c3cccc(NC(=O)c4ccno4)c3C2=O)C(=O)N1. The van der Waals surface area contributed by atoms with E-state index in [1.165, 1.54) is 30.5 Å². The molecule has 2 aromatic rings. The van der Waals surface area contributed by atoms with Crippen LogP contribution in [-0.2, 0) is 9.59 Å². The van der Waals surface area contributed by atoms with Crippen LogP contribution in [0, 0.1) is 0 Å². The Kier molecular flexibility index (Phi) is 3.80. The van der Waals surface area contributed by atoms with Gasteiger partial charge in [-0.3, -0.25) is 34.2 Å². The molecular formula is C17H12N4O6. The molecule has 2 aliphatic heterocycles. The summed E-state index contributed by atoms with van der Waals surface area (Å²) < 4.78 is 4.77. The monoisotopic (exact) mass is 368 g/mol. The molecule has 10 nitrogen and oxygen atoms in total. The van der Waals surface area contributed by atoms with Crippen molar-refractivity contribution in [3.8, 4) is 0 Å². The van der Waals surface area contributed by atoms with Gasteiger partial charge in [0, 0.05) is 12.5 Å². The van der Waals surface area contributed by atoms with Gasteiger partial charge in [-0.1, -0.05) is 11.2 Å². The van der Waals surface area contributed by atoms with Crippen LogP contribution in [0.5, 0.6) is 0 Å². The van der Waals surface area contributed by atoms with E-state index in [9.17, 15) is 24.0 Å². The summed E-state index contributed by atoms with van der Waals surface area (Å²) in [7, 11) is 0. The molecule has 0 bridgehead atoms. The normalized spacial score (nSPS) is 19.1. The van der Waals surface area contributed by atoms with Gasteiger partial charge in [0.1, 0.15) is 6.04 Å². The number of hydrogen-bond acceptors (Lipinski definition) is 7. The Labute approximate surface area is 151 Å². The van der Waals surface area contributed by atoms with Crippen molar-refractivity contribution in [2.75, 3.05) is 5.32 Å². The highest BCUT2D eigenvalue weighted by Crippen LogP contribution is 2.32.